The molecule has 0 aliphatic carbocycles. The summed E-state index contributed by atoms with van der Waals surface area (Å²) >= 11 is 5.53. The van der Waals surface area contributed by atoms with Gasteiger partial charge in [0.2, 0.25) is 0 Å². The predicted molar refractivity (Wildman–Crippen MR) is 87.3 cm³/mol. The number of methoxy groups -OCH3 is 2. The second-order valence-corrected chi connectivity index (χ2v) is 7.19. The van der Waals surface area contributed by atoms with Crippen molar-refractivity contribution in [3.8, 4) is 5.75 Å². The van der Waals surface area contributed by atoms with Crippen LogP contribution in [0.25, 0.3) is 0 Å². The maximum absolute atomic E-state index is 12.3. The molecule has 0 aromatic heterocycles. The summed E-state index contributed by atoms with van der Waals surface area (Å²) in [5, 5.41) is 12.3. The van der Waals surface area contributed by atoms with E-state index >= 15 is 0 Å². The van der Waals surface area contributed by atoms with E-state index in [1.807, 2.05) is 0 Å². The van der Waals surface area contributed by atoms with Crippen LogP contribution in [0.4, 0.5) is 5.69 Å². The average Bonchev–Trinajstić information content (AvgIpc) is 2.57. The standard InChI is InChI=1S/C14H20ClNO6S/c1-4-23(19,20)13-5-10(14(18)22-3)12(21-2)6-11(13)16-8-9(17)7-15/h5-6,9,16-17H,4,7-8H2,1-3H3. The number of carbonyl (C=O) groups excluding carboxylic acids is 1. The highest BCUT2D eigenvalue weighted by Gasteiger charge is 2.24. The van der Waals surface area contributed by atoms with Crippen LogP contribution in [-0.2, 0) is 14.6 Å². The van der Waals surface area contributed by atoms with Gasteiger partial charge in [-0.3, -0.25) is 0 Å². The fourth-order valence-corrected chi connectivity index (χ4v) is 3.02. The maximum atomic E-state index is 12.3. The lowest BCUT2D eigenvalue weighted by Crippen LogP contribution is -2.22. The van der Waals surface area contributed by atoms with Gasteiger partial charge in [0, 0.05) is 12.6 Å². The molecule has 0 fully saturated rings. The van der Waals surface area contributed by atoms with Crippen molar-refractivity contribution >= 4 is 33.1 Å². The number of hydrogen-bond acceptors (Lipinski definition) is 7. The van der Waals surface area contributed by atoms with Crippen LogP contribution in [-0.4, -0.2) is 58.0 Å². The summed E-state index contributed by atoms with van der Waals surface area (Å²) in [6.07, 6.45) is -0.847. The minimum Gasteiger partial charge on any atom is -0.496 e. The quantitative estimate of drug-likeness (QED) is 0.528. The molecular weight excluding hydrogens is 346 g/mol. The van der Waals surface area contributed by atoms with Crippen molar-refractivity contribution < 1.29 is 27.8 Å². The number of halogens is 1. The third kappa shape index (κ3) is 4.73. The molecule has 2 N–H and O–H groups in total. The third-order valence-electron chi connectivity index (χ3n) is 3.13. The van der Waals surface area contributed by atoms with Gasteiger partial charge in [-0.1, -0.05) is 6.92 Å². The number of esters is 1. The molecule has 1 atom stereocenters. The largest absolute Gasteiger partial charge is 0.496 e. The normalized spacial score (nSPS) is 12.6. The Morgan fingerprint density at radius 2 is 2.04 bits per heavy atom. The molecule has 130 valence electrons. The molecule has 0 spiro atoms. The van der Waals surface area contributed by atoms with E-state index in [-0.39, 0.29) is 40.1 Å². The van der Waals surface area contributed by atoms with E-state index in [1.165, 1.54) is 33.3 Å². The van der Waals surface area contributed by atoms with E-state index in [2.05, 4.69) is 10.1 Å². The SMILES string of the molecule is CCS(=O)(=O)c1cc(C(=O)OC)c(OC)cc1NCC(O)CCl. The molecule has 1 rings (SSSR count). The number of rotatable bonds is 8. The Balaban J connectivity index is 3.44. The number of sulfone groups is 1. The van der Waals surface area contributed by atoms with E-state index in [1.54, 1.807) is 0 Å². The van der Waals surface area contributed by atoms with Gasteiger partial charge < -0.3 is 19.9 Å². The molecule has 0 aliphatic rings. The van der Waals surface area contributed by atoms with Crippen molar-refractivity contribution in [3.05, 3.63) is 17.7 Å². The number of carbonyl (C=O) groups is 1. The molecule has 7 nitrogen and oxygen atoms in total. The minimum atomic E-state index is -3.61. The molecule has 0 saturated carbocycles. The van der Waals surface area contributed by atoms with Gasteiger partial charge in [-0.15, -0.1) is 11.6 Å². The predicted octanol–water partition coefficient (Wildman–Crippen LogP) is 1.29. The first-order chi connectivity index (χ1) is 10.8. The topological polar surface area (TPSA) is 102 Å². The van der Waals surface area contributed by atoms with E-state index in [9.17, 15) is 18.3 Å². The van der Waals surface area contributed by atoms with Crippen LogP contribution in [0.1, 0.15) is 17.3 Å². The Morgan fingerprint density at radius 1 is 1.39 bits per heavy atom. The summed E-state index contributed by atoms with van der Waals surface area (Å²) in [6, 6.07) is 2.59. The highest BCUT2D eigenvalue weighted by Crippen LogP contribution is 2.31. The van der Waals surface area contributed by atoms with Crippen molar-refractivity contribution in [3.63, 3.8) is 0 Å². The summed E-state index contributed by atoms with van der Waals surface area (Å²) < 4.78 is 34.3. The van der Waals surface area contributed by atoms with Gasteiger partial charge in [0.05, 0.1) is 42.5 Å². The van der Waals surface area contributed by atoms with Crippen LogP contribution in [0.5, 0.6) is 5.75 Å². The number of aliphatic hydroxyl groups excluding tert-OH is 1. The van der Waals surface area contributed by atoms with Gasteiger partial charge in [-0.25, -0.2) is 13.2 Å². The zero-order valence-electron chi connectivity index (χ0n) is 13.1. The van der Waals surface area contributed by atoms with Crippen LogP contribution in [0.15, 0.2) is 17.0 Å². The molecule has 0 saturated heterocycles. The second kappa shape index (κ2) is 8.37. The summed E-state index contributed by atoms with van der Waals surface area (Å²) in [7, 11) is -1.07. The molecule has 0 radical (unpaired) electrons. The minimum absolute atomic E-state index is 0.000238. The van der Waals surface area contributed by atoms with Crippen LogP contribution in [0, 0.1) is 0 Å². The monoisotopic (exact) mass is 365 g/mol. The van der Waals surface area contributed by atoms with Crippen molar-refractivity contribution in [2.24, 2.45) is 0 Å². The number of ether oxygens (including phenoxy) is 2. The molecule has 0 aliphatic heterocycles. The molecule has 1 unspecified atom stereocenters. The Morgan fingerprint density at radius 3 is 2.52 bits per heavy atom. The zero-order chi connectivity index (χ0) is 17.6. The molecule has 0 amide bonds. The summed E-state index contributed by atoms with van der Waals surface area (Å²) in [5.41, 5.74) is 0.228. The van der Waals surface area contributed by atoms with Gasteiger partial charge in [-0.05, 0) is 6.07 Å². The Kier molecular flexibility index (Phi) is 7.11. The van der Waals surface area contributed by atoms with Gasteiger partial charge in [0.1, 0.15) is 11.3 Å². The number of benzene rings is 1. The second-order valence-electron chi connectivity index (χ2n) is 4.63. The fraction of sp³-hybridized carbons (Fsp3) is 0.500. The number of nitrogens with one attached hydrogen (secondary N) is 1. The summed E-state index contributed by atoms with van der Waals surface area (Å²) in [5.74, 6) is -0.691. The summed E-state index contributed by atoms with van der Waals surface area (Å²) in [4.78, 5) is 11.7. The first kappa shape index (κ1) is 19.5. The van der Waals surface area contributed by atoms with Crippen LogP contribution < -0.4 is 10.1 Å². The van der Waals surface area contributed by atoms with Crippen LogP contribution in [0.2, 0.25) is 0 Å². The number of alkyl halides is 1. The molecule has 0 bridgehead atoms. The Hall–Kier alpha value is -1.51. The van der Waals surface area contributed by atoms with Gasteiger partial charge in [0.15, 0.2) is 9.84 Å². The maximum Gasteiger partial charge on any atom is 0.341 e. The molecule has 9 heteroatoms. The summed E-state index contributed by atoms with van der Waals surface area (Å²) in [6.45, 7) is 1.55. The number of hydrogen-bond donors (Lipinski definition) is 2. The van der Waals surface area contributed by atoms with Crippen LogP contribution in [0.3, 0.4) is 0 Å². The lowest BCUT2D eigenvalue weighted by molar-refractivity contribution is 0.0597. The van der Waals surface area contributed by atoms with Gasteiger partial charge >= 0.3 is 5.97 Å². The molecular formula is C14H20ClNO6S. The lowest BCUT2D eigenvalue weighted by Gasteiger charge is -2.17. The Bertz CT molecular complexity index is 661. The first-order valence-electron chi connectivity index (χ1n) is 6.81. The van der Waals surface area contributed by atoms with Gasteiger partial charge in [0.25, 0.3) is 0 Å². The van der Waals surface area contributed by atoms with Gasteiger partial charge in [-0.2, -0.15) is 0 Å². The third-order valence-corrected chi connectivity index (χ3v) is 5.25. The van der Waals surface area contributed by atoms with Crippen molar-refractivity contribution in [1.82, 2.24) is 0 Å². The molecule has 23 heavy (non-hydrogen) atoms. The van der Waals surface area contributed by atoms with Crippen molar-refractivity contribution in [2.45, 2.75) is 17.9 Å². The smallest absolute Gasteiger partial charge is 0.341 e. The first-order valence-corrected chi connectivity index (χ1v) is 9.00. The van der Waals surface area contributed by atoms with E-state index in [4.69, 9.17) is 16.3 Å². The molecule has 1 aromatic carbocycles. The van der Waals surface area contributed by atoms with Crippen molar-refractivity contribution in [2.75, 3.05) is 37.7 Å². The number of anilines is 1. The molecule has 1 aromatic rings. The zero-order valence-corrected chi connectivity index (χ0v) is 14.7. The number of aliphatic hydroxyl groups is 1. The fourth-order valence-electron chi connectivity index (χ4n) is 1.83. The Labute approximate surface area is 140 Å². The van der Waals surface area contributed by atoms with Crippen LogP contribution >= 0.6 is 11.6 Å². The van der Waals surface area contributed by atoms with E-state index in [0.29, 0.717) is 0 Å². The highest BCUT2D eigenvalue weighted by atomic mass is 35.5. The highest BCUT2D eigenvalue weighted by molar-refractivity contribution is 7.91. The average molecular weight is 366 g/mol. The molecule has 0 heterocycles. The van der Waals surface area contributed by atoms with Crippen molar-refractivity contribution in [1.29, 1.82) is 0 Å². The van der Waals surface area contributed by atoms with E-state index < -0.39 is 21.9 Å². The van der Waals surface area contributed by atoms with E-state index in [0.717, 1.165) is 0 Å². The lowest BCUT2D eigenvalue weighted by atomic mass is 10.1.